The van der Waals surface area contributed by atoms with Crippen molar-refractivity contribution < 1.29 is 14.1 Å². The van der Waals surface area contributed by atoms with Gasteiger partial charge in [-0.2, -0.15) is 4.98 Å². The van der Waals surface area contributed by atoms with Crippen molar-refractivity contribution in [3.63, 3.8) is 0 Å². The van der Waals surface area contributed by atoms with Crippen LogP contribution < -0.4 is 5.32 Å². The van der Waals surface area contributed by atoms with Gasteiger partial charge in [-0.05, 0) is 18.4 Å². The smallest absolute Gasteiger partial charge is 0.249 e. The minimum atomic E-state index is -0.525. The SMILES string of the molecule is CC(C)CO[C@@H](C)C(=O)N[C@H](Cc1ccccc1)c1ncon1. The molecule has 0 aliphatic rings. The number of hydrogen-bond donors (Lipinski definition) is 1. The maximum absolute atomic E-state index is 12.3. The molecule has 23 heavy (non-hydrogen) atoms. The molecule has 0 saturated heterocycles. The van der Waals surface area contributed by atoms with E-state index in [1.807, 2.05) is 44.2 Å². The van der Waals surface area contributed by atoms with Gasteiger partial charge in [0.2, 0.25) is 12.3 Å². The van der Waals surface area contributed by atoms with Crippen LogP contribution in [-0.4, -0.2) is 28.8 Å². The molecule has 6 heteroatoms. The van der Waals surface area contributed by atoms with E-state index in [0.29, 0.717) is 24.8 Å². The number of carbonyl (C=O) groups is 1. The molecule has 6 nitrogen and oxygen atoms in total. The van der Waals surface area contributed by atoms with Gasteiger partial charge < -0.3 is 14.6 Å². The highest BCUT2D eigenvalue weighted by Gasteiger charge is 2.23. The fourth-order valence-corrected chi connectivity index (χ4v) is 2.09. The van der Waals surface area contributed by atoms with Crippen LogP contribution in [0.5, 0.6) is 0 Å². The fourth-order valence-electron chi connectivity index (χ4n) is 2.09. The number of carbonyl (C=O) groups excluding carboxylic acids is 1. The summed E-state index contributed by atoms with van der Waals surface area (Å²) in [5.74, 6) is 0.650. The van der Waals surface area contributed by atoms with Gasteiger partial charge in [0.1, 0.15) is 6.10 Å². The Kier molecular flexibility index (Phi) is 6.29. The van der Waals surface area contributed by atoms with Gasteiger partial charge in [-0.25, -0.2) is 0 Å². The predicted molar refractivity (Wildman–Crippen MR) is 85.6 cm³/mol. The number of nitrogens with one attached hydrogen (secondary N) is 1. The summed E-state index contributed by atoms with van der Waals surface area (Å²) >= 11 is 0. The molecule has 1 N–H and O–H groups in total. The van der Waals surface area contributed by atoms with E-state index in [1.165, 1.54) is 6.39 Å². The van der Waals surface area contributed by atoms with Crippen LogP contribution in [-0.2, 0) is 16.0 Å². The summed E-state index contributed by atoms with van der Waals surface area (Å²) in [5, 5.41) is 6.80. The monoisotopic (exact) mass is 317 g/mol. The van der Waals surface area contributed by atoms with E-state index in [0.717, 1.165) is 5.56 Å². The van der Waals surface area contributed by atoms with E-state index in [2.05, 4.69) is 15.5 Å². The topological polar surface area (TPSA) is 77.2 Å². The Morgan fingerprint density at radius 1 is 1.26 bits per heavy atom. The molecular weight excluding hydrogens is 294 g/mol. The van der Waals surface area contributed by atoms with Gasteiger partial charge in [0.05, 0.1) is 6.04 Å². The van der Waals surface area contributed by atoms with E-state index in [-0.39, 0.29) is 11.9 Å². The van der Waals surface area contributed by atoms with Crippen molar-refractivity contribution in [2.45, 2.75) is 39.3 Å². The van der Waals surface area contributed by atoms with E-state index in [1.54, 1.807) is 6.92 Å². The molecule has 0 aliphatic carbocycles. The molecule has 2 atom stereocenters. The standard InChI is InChI=1S/C17H23N3O3/c1-12(2)10-22-13(3)17(21)19-15(16-18-11-23-20-16)9-14-7-5-4-6-8-14/h4-8,11-13,15H,9-10H2,1-3H3,(H,19,21)/t13-,15+/m0/s1. The fraction of sp³-hybridized carbons (Fsp3) is 0.471. The second-order valence-electron chi connectivity index (χ2n) is 5.91. The molecule has 1 heterocycles. The lowest BCUT2D eigenvalue weighted by Crippen LogP contribution is -2.38. The van der Waals surface area contributed by atoms with Crippen LogP contribution in [0.4, 0.5) is 0 Å². The Balaban J connectivity index is 2.02. The van der Waals surface area contributed by atoms with Crippen LogP contribution in [0.3, 0.4) is 0 Å². The zero-order valence-corrected chi connectivity index (χ0v) is 13.7. The Bertz CT molecular complexity index is 584. The van der Waals surface area contributed by atoms with E-state index < -0.39 is 6.10 Å². The molecule has 0 radical (unpaired) electrons. The first-order valence-corrected chi connectivity index (χ1v) is 7.78. The molecule has 0 spiro atoms. The lowest BCUT2D eigenvalue weighted by atomic mass is 10.1. The highest BCUT2D eigenvalue weighted by molar-refractivity contribution is 5.80. The van der Waals surface area contributed by atoms with Crippen LogP contribution in [0, 0.1) is 5.92 Å². The summed E-state index contributed by atoms with van der Waals surface area (Å²) in [4.78, 5) is 16.4. The van der Waals surface area contributed by atoms with Crippen molar-refractivity contribution in [2.75, 3.05) is 6.61 Å². The van der Waals surface area contributed by atoms with Gasteiger partial charge in [0, 0.05) is 13.0 Å². The molecule has 1 aromatic carbocycles. The maximum atomic E-state index is 12.3. The highest BCUT2D eigenvalue weighted by Crippen LogP contribution is 2.15. The lowest BCUT2D eigenvalue weighted by molar-refractivity contribution is -0.133. The predicted octanol–water partition coefficient (Wildman–Crippen LogP) is 2.53. The molecule has 0 saturated carbocycles. The van der Waals surface area contributed by atoms with Gasteiger partial charge in [-0.3, -0.25) is 4.79 Å². The number of amides is 1. The third-order valence-electron chi connectivity index (χ3n) is 3.34. The minimum absolute atomic E-state index is 0.184. The first-order valence-electron chi connectivity index (χ1n) is 7.78. The Hall–Kier alpha value is -2.21. The summed E-state index contributed by atoms with van der Waals surface area (Å²) in [7, 11) is 0. The Morgan fingerprint density at radius 3 is 2.61 bits per heavy atom. The number of ether oxygens (including phenoxy) is 1. The quantitative estimate of drug-likeness (QED) is 0.809. The van der Waals surface area contributed by atoms with Gasteiger partial charge in [-0.1, -0.05) is 49.3 Å². The van der Waals surface area contributed by atoms with E-state index in [4.69, 9.17) is 9.26 Å². The largest absolute Gasteiger partial charge is 0.368 e. The molecule has 124 valence electrons. The normalized spacial score (nSPS) is 13.7. The van der Waals surface area contributed by atoms with E-state index >= 15 is 0 Å². The van der Waals surface area contributed by atoms with Crippen molar-refractivity contribution in [1.29, 1.82) is 0 Å². The molecule has 1 aromatic heterocycles. The summed E-state index contributed by atoms with van der Waals surface area (Å²) in [6, 6.07) is 9.51. The molecule has 0 aliphatic heterocycles. The average molecular weight is 317 g/mol. The Morgan fingerprint density at radius 2 is 2.00 bits per heavy atom. The number of benzene rings is 1. The van der Waals surface area contributed by atoms with Crippen molar-refractivity contribution in [1.82, 2.24) is 15.5 Å². The zero-order valence-electron chi connectivity index (χ0n) is 13.7. The number of rotatable bonds is 8. The molecule has 0 unspecified atom stereocenters. The summed E-state index contributed by atoms with van der Waals surface area (Å²) in [6.45, 7) is 6.37. The number of aromatic nitrogens is 2. The molecule has 2 rings (SSSR count). The van der Waals surface area contributed by atoms with E-state index in [9.17, 15) is 4.79 Å². The summed E-state index contributed by atoms with van der Waals surface area (Å²) < 4.78 is 10.4. The first-order chi connectivity index (χ1) is 11.1. The lowest BCUT2D eigenvalue weighted by Gasteiger charge is -2.19. The molecular formula is C17H23N3O3. The first kappa shape index (κ1) is 17.1. The number of nitrogens with zero attached hydrogens (tertiary/aromatic N) is 2. The highest BCUT2D eigenvalue weighted by atomic mass is 16.5. The van der Waals surface area contributed by atoms with Crippen LogP contribution in [0.1, 0.15) is 38.2 Å². The van der Waals surface area contributed by atoms with Crippen molar-refractivity contribution in [3.05, 3.63) is 48.1 Å². The molecule has 1 amide bonds. The van der Waals surface area contributed by atoms with Crippen molar-refractivity contribution in [2.24, 2.45) is 5.92 Å². The van der Waals surface area contributed by atoms with Crippen molar-refractivity contribution >= 4 is 5.91 Å². The van der Waals surface area contributed by atoms with Gasteiger partial charge in [0.25, 0.3) is 0 Å². The second-order valence-corrected chi connectivity index (χ2v) is 5.91. The molecule has 0 bridgehead atoms. The zero-order chi connectivity index (χ0) is 16.7. The minimum Gasteiger partial charge on any atom is -0.368 e. The van der Waals surface area contributed by atoms with Gasteiger partial charge >= 0.3 is 0 Å². The molecule has 0 fully saturated rings. The summed E-state index contributed by atoms with van der Waals surface area (Å²) in [5.41, 5.74) is 1.08. The van der Waals surface area contributed by atoms with Crippen LogP contribution in [0.15, 0.2) is 41.2 Å². The van der Waals surface area contributed by atoms with Crippen molar-refractivity contribution in [3.8, 4) is 0 Å². The van der Waals surface area contributed by atoms with Gasteiger partial charge in [0.15, 0.2) is 5.82 Å². The maximum Gasteiger partial charge on any atom is 0.249 e. The second kappa shape index (κ2) is 8.43. The van der Waals surface area contributed by atoms with Crippen LogP contribution >= 0.6 is 0 Å². The summed E-state index contributed by atoms with van der Waals surface area (Å²) in [6.07, 6.45) is 1.32. The van der Waals surface area contributed by atoms with Crippen LogP contribution in [0.2, 0.25) is 0 Å². The third-order valence-corrected chi connectivity index (χ3v) is 3.34. The van der Waals surface area contributed by atoms with Gasteiger partial charge in [-0.15, -0.1) is 0 Å². The molecule has 2 aromatic rings. The number of hydrogen-bond acceptors (Lipinski definition) is 5. The van der Waals surface area contributed by atoms with Crippen LogP contribution in [0.25, 0.3) is 0 Å². The average Bonchev–Trinajstić information content (AvgIpc) is 3.07. The Labute approximate surface area is 136 Å². The third kappa shape index (κ3) is 5.49.